The number of carbonyl (C=O) groups excluding carboxylic acids is 1. The minimum atomic E-state index is -1.15. The minimum absolute atomic E-state index is 0.00713. The van der Waals surface area contributed by atoms with E-state index in [9.17, 15) is 9.59 Å². The molecule has 12 heavy (non-hydrogen) atoms. The van der Waals surface area contributed by atoms with E-state index in [1.807, 2.05) is 0 Å². The molecule has 0 aliphatic rings. The van der Waals surface area contributed by atoms with E-state index in [2.05, 4.69) is 16.6 Å². The first-order valence-corrected chi connectivity index (χ1v) is 3.07. The zero-order valence-corrected chi connectivity index (χ0v) is 6.23. The molecule has 0 heterocycles. The Kier molecular flexibility index (Phi) is 4.18. The number of aliphatic carboxylic acids is 1. The van der Waals surface area contributed by atoms with Crippen molar-refractivity contribution < 1.29 is 14.7 Å². The highest BCUT2D eigenvalue weighted by Gasteiger charge is 2.05. The summed E-state index contributed by atoms with van der Waals surface area (Å²) in [6.45, 7) is 3.20. The van der Waals surface area contributed by atoms with Gasteiger partial charge in [-0.2, -0.15) is 0 Å². The molecule has 0 unspecified atom stereocenters. The number of carboxylic acid groups (broad SMARTS) is 1. The molecular weight excluding hydrogens is 162 g/mol. The fourth-order valence-electron chi connectivity index (χ4n) is 0.465. The van der Waals surface area contributed by atoms with Crippen LogP contribution in [0.15, 0.2) is 17.3 Å². The van der Waals surface area contributed by atoms with Crippen LogP contribution in [-0.4, -0.2) is 17.0 Å². The lowest BCUT2D eigenvalue weighted by Crippen LogP contribution is -2.01. The highest BCUT2D eigenvalue weighted by Crippen LogP contribution is 2.03. The predicted octanol–water partition coefficient (Wildman–Crippen LogP) is 1.24. The number of hydrogen-bond acceptors (Lipinski definition) is 2. The lowest BCUT2D eigenvalue weighted by atomic mass is 10.1. The molecule has 0 atom stereocenters. The second kappa shape index (κ2) is 4.92. The SMILES string of the molecule is C=C(CCC(=O)N=[N+]=[N-])C(=O)O. The van der Waals surface area contributed by atoms with Gasteiger partial charge in [0, 0.05) is 16.9 Å². The van der Waals surface area contributed by atoms with Gasteiger partial charge in [-0.15, -0.1) is 0 Å². The van der Waals surface area contributed by atoms with E-state index in [0.29, 0.717) is 0 Å². The fraction of sp³-hybridized carbons (Fsp3) is 0.333. The Labute approximate surface area is 68.1 Å². The number of nitrogens with zero attached hydrogens (tertiary/aromatic N) is 3. The van der Waals surface area contributed by atoms with Gasteiger partial charge in [0.25, 0.3) is 0 Å². The molecule has 0 aromatic rings. The van der Waals surface area contributed by atoms with Crippen molar-refractivity contribution in [1.29, 1.82) is 0 Å². The Morgan fingerprint density at radius 2 is 2.08 bits per heavy atom. The van der Waals surface area contributed by atoms with Crippen LogP contribution in [-0.2, 0) is 9.59 Å². The third-order valence-corrected chi connectivity index (χ3v) is 1.10. The van der Waals surface area contributed by atoms with E-state index >= 15 is 0 Å². The quantitative estimate of drug-likeness (QED) is 0.296. The van der Waals surface area contributed by atoms with E-state index < -0.39 is 11.9 Å². The Morgan fingerprint density at radius 3 is 2.50 bits per heavy atom. The number of azide groups is 1. The molecule has 0 rings (SSSR count). The zero-order valence-electron chi connectivity index (χ0n) is 6.23. The van der Waals surface area contributed by atoms with Crippen LogP contribution in [0.2, 0.25) is 0 Å². The molecule has 0 aliphatic heterocycles. The van der Waals surface area contributed by atoms with Crippen molar-refractivity contribution in [1.82, 2.24) is 0 Å². The summed E-state index contributed by atoms with van der Waals surface area (Å²) in [5.41, 5.74) is 7.74. The normalized spacial score (nSPS) is 8.33. The average molecular weight is 169 g/mol. The second-order valence-electron chi connectivity index (χ2n) is 1.99. The molecule has 0 radical (unpaired) electrons. The molecule has 0 aromatic heterocycles. The zero-order chi connectivity index (χ0) is 9.56. The monoisotopic (exact) mass is 169 g/mol. The Bertz CT molecular complexity index is 251. The maximum absolute atomic E-state index is 10.5. The van der Waals surface area contributed by atoms with Gasteiger partial charge < -0.3 is 5.11 Å². The molecule has 0 fully saturated rings. The van der Waals surface area contributed by atoms with E-state index in [1.165, 1.54) is 0 Å². The standard InChI is InChI=1S/C6H7N3O3/c1-4(6(11)12)2-3-5(10)8-9-7/h1-3H2,(H,11,12). The summed E-state index contributed by atoms with van der Waals surface area (Å²) in [5.74, 6) is -1.83. The Balaban J connectivity index is 3.84. The number of rotatable bonds is 4. The Hall–Kier alpha value is -1.81. The minimum Gasteiger partial charge on any atom is -0.478 e. The molecule has 0 saturated heterocycles. The van der Waals surface area contributed by atoms with E-state index in [-0.39, 0.29) is 18.4 Å². The number of carbonyl (C=O) groups is 2. The van der Waals surface area contributed by atoms with Gasteiger partial charge >= 0.3 is 5.97 Å². The van der Waals surface area contributed by atoms with Crippen LogP contribution in [0.3, 0.4) is 0 Å². The number of amides is 1. The number of hydrogen-bond donors (Lipinski definition) is 1. The summed E-state index contributed by atoms with van der Waals surface area (Å²) in [6.07, 6.45) is -0.109. The molecule has 64 valence electrons. The molecule has 6 heteroatoms. The molecule has 0 aromatic carbocycles. The van der Waals surface area contributed by atoms with Crippen LogP contribution in [0, 0.1) is 0 Å². The van der Waals surface area contributed by atoms with Crippen LogP contribution in [0.4, 0.5) is 0 Å². The van der Waals surface area contributed by atoms with Gasteiger partial charge in [0.2, 0.25) is 5.91 Å². The first-order chi connectivity index (χ1) is 5.57. The van der Waals surface area contributed by atoms with Crippen molar-refractivity contribution in [3.05, 3.63) is 22.6 Å². The van der Waals surface area contributed by atoms with Gasteiger partial charge in [-0.3, -0.25) is 4.79 Å². The average Bonchev–Trinajstić information content (AvgIpc) is 2.00. The van der Waals surface area contributed by atoms with Gasteiger partial charge in [0.15, 0.2) is 0 Å². The summed E-state index contributed by atoms with van der Waals surface area (Å²) < 4.78 is 0. The first-order valence-electron chi connectivity index (χ1n) is 3.07. The van der Waals surface area contributed by atoms with Gasteiger partial charge in [-0.25, -0.2) is 4.79 Å². The first kappa shape index (κ1) is 10.2. The van der Waals surface area contributed by atoms with Crippen LogP contribution >= 0.6 is 0 Å². The van der Waals surface area contributed by atoms with Gasteiger partial charge in [-0.05, 0) is 17.1 Å². The molecule has 0 bridgehead atoms. The summed E-state index contributed by atoms with van der Waals surface area (Å²) in [4.78, 5) is 22.9. The maximum atomic E-state index is 10.5. The third-order valence-electron chi connectivity index (χ3n) is 1.10. The molecule has 1 N–H and O–H groups in total. The summed E-state index contributed by atoms with van der Waals surface area (Å²) in [7, 11) is 0. The van der Waals surface area contributed by atoms with Crippen molar-refractivity contribution in [2.24, 2.45) is 5.11 Å². The molecule has 0 aliphatic carbocycles. The van der Waals surface area contributed by atoms with Gasteiger partial charge in [0.05, 0.1) is 0 Å². The topological polar surface area (TPSA) is 103 Å². The number of carboxylic acids is 1. The largest absolute Gasteiger partial charge is 0.478 e. The summed E-state index contributed by atoms with van der Waals surface area (Å²) in [6, 6.07) is 0. The van der Waals surface area contributed by atoms with Gasteiger partial charge in [-0.1, -0.05) is 6.58 Å². The van der Waals surface area contributed by atoms with E-state index in [4.69, 9.17) is 10.6 Å². The second-order valence-corrected chi connectivity index (χ2v) is 1.99. The van der Waals surface area contributed by atoms with E-state index in [0.717, 1.165) is 0 Å². The molecule has 0 saturated carbocycles. The molecular formula is C6H7N3O3. The lowest BCUT2D eigenvalue weighted by Gasteiger charge is -1.94. The van der Waals surface area contributed by atoms with Crippen molar-refractivity contribution in [3.8, 4) is 0 Å². The van der Waals surface area contributed by atoms with Crippen molar-refractivity contribution in [2.75, 3.05) is 0 Å². The summed E-state index contributed by atoms with van der Waals surface area (Å²) in [5, 5.41) is 11.1. The molecule has 0 spiro atoms. The lowest BCUT2D eigenvalue weighted by molar-refractivity contribution is -0.132. The van der Waals surface area contributed by atoms with Crippen LogP contribution < -0.4 is 0 Å². The molecule has 6 nitrogen and oxygen atoms in total. The van der Waals surface area contributed by atoms with Crippen molar-refractivity contribution >= 4 is 11.9 Å². The van der Waals surface area contributed by atoms with Crippen LogP contribution in [0.1, 0.15) is 12.8 Å². The van der Waals surface area contributed by atoms with Gasteiger partial charge in [0.1, 0.15) is 0 Å². The van der Waals surface area contributed by atoms with Crippen LogP contribution in [0.5, 0.6) is 0 Å². The van der Waals surface area contributed by atoms with Crippen LogP contribution in [0.25, 0.3) is 10.4 Å². The van der Waals surface area contributed by atoms with Crippen molar-refractivity contribution in [3.63, 3.8) is 0 Å². The smallest absolute Gasteiger partial charge is 0.330 e. The van der Waals surface area contributed by atoms with Crippen molar-refractivity contribution in [2.45, 2.75) is 12.8 Å². The summed E-state index contributed by atoms with van der Waals surface area (Å²) >= 11 is 0. The molecule has 1 amide bonds. The highest BCUT2D eigenvalue weighted by atomic mass is 16.4. The third kappa shape index (κ3) is 4.08. The highest BCUT2D eigenvalue weighted by molar-refractivity contribution is 5.87. The van der Waals surface area contributed by atoms with E-state index in [1.54, 1.807) is 0 Å². The maximum Gasteiger partial charge on any atom is 0.330 e. The Morgan fingerprint density at radius 1 is 1.50 bits per heavy atom. The predicted molar refractivity (Wildman–Crippen MR) is 40.2 cm³/mol. The fourth-order valence-corrected chi connectivity index (χ4v) is 0.465.